The molecular formula is C20H26N2O8S. The van der Waals surface area contributed by atoms with E-state index in [9.17, 15) is 18.0 Å². The topological polar surface area (TPSA) is 168 Å². The number of fused-ring (bicyclic) bond motifs is 3. The summed E-state index contributed by atoms with van der Waals surface area (Å²) < 4.78 is 42.9. The van der Waals surface area contributed by atoms with Crippen molar-refractivity contribution >= 4 is 32.8 Å². The van der Waals surface area contributed by atoms with Gasteiger partial charge in [0.1, 0.15) is 11.4 Å². The molecule has 0 saturated carbocycles. The summed E-state index contributed by atoms with van der Waals surface area (Å²) in [5, 5.41) is 1.38. The molecule has 170 valence electrons. The average molecular weight is 455 g/mol. The molecule has 3 rings (SSSR count). The van der Waals surface area contributed by atoms with Gasteiger partial charge >= 0.3 is 11.9 Å². The molecule has 0 unspecified atom stereocenters. The van der Waals surface area contributed by atoms with Gasteiger partial charge in [0.2, 0.25) is 0 Å². The van der Waals surface area contributed by atoms with Crippen LogP contribution >= 0.6 is 0 Å². The number of esters is 2. The van der Waals surface area contributed by atoms with E-state index in [1.807, 2.05) is 26.0 Å². The first-order valence-corrected chi connectivity index (χ1v) is 11.2. The summed E-state index contributed by atoms with van der Waals surface area (Å²) in [5.74, 6) is -0.287. The van der Waals surface area contributed by atoms with E-state index in [0.717, 1.165) is 11.8 Å². The molecule has 1 aliphatic rings. The van der Waals surface area contributed by atoms with Crippen molar-refractivity contribution in [3.8, 4) is 17.2 Å². The lowest BCUT2D eigenvalue weighted by molar-refractivity contribution is -0.135. The smallest absolute Gasteiger partial charge is 0.325 e. The third-order valence-electron chi connectivity index (χ3n) is 4.29. The fourth-order valence-electron chi connectivity index (χ4n) is 3.02. The van der Waals surface area contributed by atoms with E-state index in [0.29, 0.717) is 29.4 Å². The van der Waals surface area contributed by atoms with Gasteiger partial charge in [0.25, 0.3) is 10.1 Å². The van der Waals surface area contributed by atoms with Crippen molar-refractivity contribution in [1.82, 2.24) is 0 Å². The first-order chi connectivity index (χ1) is 14.4. The fraction of sp³-hybridized carbons (Fsp3) is 0.400. The van der Waals surface area contributed by atoms with Crippen LogP contribution in [0.4, 0.5) is 0 Å². The normalized spacial score (nSPS) is 14.5. The van der Waals surface area contributed by atoms with Gasteiger partial charge in [-0.05, 0) is 26.7 Å². The molecule has 0 fully saturated rings. The van der Waals surface area contributed by atoms with Gasteiger partial charge in [-0.25, -0.2) is 0 Å². The Labute approximate surface area is 180 Å². The van der Waals surface area contributed by atoms with Crippen LogP contribution in [0.1, 0.15) is 25.8 Å². The Hall–Kier alpha value is -2.73. The van der Waals surface area contributed by atoms with E-state index in [2.05, 4.69) is 0 Å². The second-order valence-electron chi connectivity index (χ2n) is 7.46. The highest BCUT2D eigenvalue weighted by molar-refractivity contribution is 7.85. The van der Waals surface area contributed by atoms with E-state index >= 15 is 0 Å². The Kier molecular flexibility index (Phi) is 7.60. The predicted octanol–water partition coefficient (Wildman–Crippen LogP) is 1.18. The van der Waals surface area contributed by atoms with Gasteiger partial charge in [0, 0.05) is 16.3 Å². The third-order valence-corrected chi connectivity index (χ3v) is 4.29. The van der Waals surface area contributed by atoms with Crippen LogP contribution < -0.4 is 25.7 Å². The van der Waals surface area contributed by atoms with Crippen LogP contribution in [-0.4, -0.2) is 49.9 Å². The molecule has 2 aromatic carbocycles. The molecular weight excluding hydrogens is 428 g/mol. The van der Waals surface area contributed by atoms with Crippen LogP contribution in [0.25, 0.3) is 10.8 Å². The zero-order chi connectivity index (χ0) is 23.4. The quantitative estimate of drug-likeness (QED) is 0.346. The van der Waals surface area contributed by atoms with Gasteiger partial charge in [-0.1, -0.05) is 24.3 Å². The number of rotatable bonds is 4. The van der Waals surface area contributed by atoms with Gasteiger partial charge in [-0.15, -0.1) is 0 Å². The van der Waals surface area contributed by atoms with Crippen molar-refractivity contribution in [2.75, 3.05) is 19.3 Å². The number of hydrogen-bond acceptors (Lipinski definition) is 9. The number of hydrogen-bond donors (Lipinski definition) is 3. The van der Waals surface area contributed by atoms with Crippen molar-refractivity contribution in [2.24, 2.45) is 11.5 Å². The molecule has 0 aromatic heterocycles. The molecule has 2 aromatic rings. The SMILES string of the molecule is CC1(C)CCc2c(OC(=O)CN)c(OC(=O)CN)c3ccccc3c2O1.CS(=O)(=O)O. The minimum atomic E-state index is -3.67. The molecule has 31 heavy (non-hydrogen) atoms. The molecule has 11 heteroatoms. The Morgan fingerprint density at radius 2 is 1.55 bits per heavy atom. The summed E-state index contributed by atoms with van der Waals surface area (Å²) in [7, 11) is -3.67. The van der Waals surface area contributed by atoms with Crippen molar-refractivity contribution in [3.05, 3.63) is 29.8 Å². The van der Waals surface area contributed by atoms with E-state index in [1.165, 1.54) is 0 Å². The number of benzene rings is 2. The van der Waals surface area contributed by atoms with Gasteiger partial charge in [-0.3, -0.25) is 14.1 Å². The number of carbonyl (C=O) groups is 2. The zero-order valence-corrected chi connectivity index (χ0v) is 18.3. The Morgan fingerprint density at radius 1 is 1.06 bits per heavy atom. The number of nitrogens with two attached hydrogens (primary N) is 2. The first-order valence-electron chi connectivity index (χ1n) is 9.37. The zero-order valence-electron chi connectivity index (χ0n) is 17.5. The summed E-state index contributed by atoms with van der Waals surface area (Å²) in [6, 6.07) is 7.33. The molecule has 0 aliphatic carbocycles. The van der Waals surface area contributed by atoms with E-state index in [1.54, 1.807) is 12.1 Å². The molecule has 10 nitrogen and oxygen atoms in total. The Morgan fingerprint density at radius 3 is 2.06 bits per heavy atom. The second kappa shape index (κ2) is 9.60. The predicted molar refractivity (Wildman–Crippen MR) is 114 cm³/mol. The highest BCUT2D eigenvalue weighted by Gasteiger charge is 2.34. The van der Waals surface area contributed by atoms with Crippen molar-refractivity contribution in [1.29, 1.82) is 0 Å². The van der Waals surface area contributed by atoms with Gasteiger partial charge < -0.3 is 25.7 Å². The van der Waals surface area contributed by atoms with E-state index in [4.69, 9.17) is 30.2 Å². The van der Waals surface area contributed by atoms with Gasteiger partial charge in [0.05, 0.1) is 19.3 Å². The molecule has 0 saturated heterocycles. The largest absolute Gasteiger partial charge is 0.487 e. The maximum atomic E-state index is 11.9. The number of ether oxygens (including phenoxy) is 3. The lowest BCUT2D eigenvalue weighted by Gasteiger charge is -2.34. The van der Waals surface area contributed by atoms with Crippen LogP contribution in [-0.2, 0) is 26.1 Å². The van der Waals surface area contributed by atoms with Crippen LogP contribution in [0.15, 0.2) is 24.3 Å². The molecule has 5 N–H and O–H groups in total. The lowest BCUT2D eigenvalue weighted by atomic mass is 9.91. The highest BCUT2D eigenvalue weighted by atomic mass is 32.2. The molecule has 1 heterocycles. The molecule has 0 atom stereocenters. The summed E-state index contributed by atoms with van der Waals surface area (Å²) in [5.41, 5.74) is 11.1. The highest BCUT2D eigenvalue weighted by Crippen LogP contribution is 2.50. The number of carbonyl (C=O) groups excluding carboxylic acids is 2. The van der Waals surface area contributed by atoms with Crippen molar-refractivity contribution in [3.63, 3.8) is 0 Å². The van der Waals surface area contributed by atoms with E-state index in [-0.39, 0.29) is 30.2 Å². The molecule has 0 bridgehead atoms. The Bertz CT molecular complexity index is 1090. The van der Waals surface area contributed by atoms with Crippen molar-refractivity contribution in [2.45, 2.75) is 32.3 Å². The Balaban J connectivity index is 0.000000614. The average Bonchev–Trinajstić information content (AvgIpc) is 2.68. The molecule has 0 spiro atoms. The summed E-state index contributed by atoms with van der Waals surface area (Å²) in [6.07, 6.45) is 2.04. The van der Waals surface area contributed by atoms with Crippen LogP contribution in [0, 0.1) is 0 Å². The fourth-order valence-corrected chi connectivity index (χ4v) is 3.02. The minimum Gasteiger partial charge on any atom is -0.487 e. The summed E-state index contributed by atoms with van der Waals surface area (Å²) in [4.78, 5) is 23.7. The van der Waals surface area contributed by atoms with Crippen LogP contribution in [0.2, 0.25) is 0 Å². The van der Waals surface area contributed by atoms with Crippen LogP contribution in [0.3, 0.4) is 0 Å². The lowest BCUT2D eigenvalue weighted by Crippen LogP contribution is -2.33. The maximum Gasteiger partial charge on any atom is 0.325 e. The van der Waals surface area contributed by atoms with Crippen LogP contribution in [0.5, 0.6) is 17.2 Å². The standard InChI is InChI=1S/C19H22N2O5.CH4O3S/c1-19(2)8-7-13-16(26-19)11-5-3-4-6-12(11)17(24-14(22)9-20)18(13)25-15(23)10-21;1-5(2,3)4/h3-6H,7-10,20-21H2,1-2H3;1H3,(H,2,3,4). The van der Waals surface area contributed by atoms with Gasteiger partial charge in [0.15, 0.2) is 11.5 Å². The summed E-state index contributed by atoms with van der Waals surface area (Å²) >= 11 is 0. The molecule has 0 radical (unpaired) electrons. The first kappa shape index (κ1) is 24.5. The third kappa shape index (κ3) is 6.62. The summed E-state index contributed by atoms with van der Waals surface area (Å²) in [6.45, 7) is 3.41. The second-order valence-corrected chi connectivity index (χ2v) is 8.93. The molecule has 0 amide bonds. The molecule has 1 aliphatic heterocycles. The van der Waals surface area contributed by atoms with Crippen molar-refractivity contribution < 1.29 is 36.8 Å². The van der Waals surface area contributed by atoms with E-state index < -0.39 is 22.1 Å². The monoisotopic (exact) mass is 454 g/mol. The van der Waals surface area contributed by atoms with Gasteiger partial charge in [-0.2, -0.15) is 8.42 Å². The maximum absolute atomic E-state index is 11.9. The minimum absolute atomic E-state index is 0.167.